The number of hydrogen-bond acceptors (Lipinski definition) is 2. The fourth-order valence-electron chi connectivity index (χ4n) is 4.10. The van der Waals surface area contributed by atoms with Crippen LogP contribution in [0.25, 0.3) is 0 Å². The van der Waals surface area contributed by atoms with Crippen molar-refractivity contribution in [3.8, 4) is 0 Å². The molecular weight excluding hydrogens is 238 g/mol. The summed E-state index contributed by atoms with van der Waals surface area (Å²) in [5.41, 5.74) is 6.52. The third-order valence-corrected chi connectivity index (χ3v) is 6.28. The van der Waals surface area contributed by atoms with Gasteiger partial charge in [-0.1, -0.05) is 25.7 Å². The fraction of sp³-hybridized carbons (Fsp3) is 0.750. The molecule has 2 fully saturated rings. The predicted molar refractivity (Wildman–Crippen MR) is 78.8 cm³/mol. The first-order valence-corrected chi connectivity index (χ1v) is 8.37. The number of rotatable bonds is 2. The van der Waals surface area contributed by atoms with E-state index in [1.807, 2.05) is 11.3 Å². The van der Waals surface area contributed by atoms with Crippen molar-refractivity contribution in [3.05, 3.63) is 21.9 Å². The van der Waals surface area contributed by atoms with Crippen molar-refractivity contribution < 1.29 is 0 Å². The van der Waals surface area contributed by atoms with Gasteiger partial charge in [0, 0.05) is 15.8 Å². The average molecular weight is 263 g/mol. The summed E-state index contributed by atoms with van der Waals surface area (Å²) in [4.78, 5) is 2.80. The van der Waals surface area contributed by atoms with Crippen molar-refractivity contribution in [1.82, 2.24) is 0 Å². The Morgan fingerprint density at radius 2 is 1.89 bits per heavy atom. The molecule has 0 saturated heterocycles. The van der Waals surface area contributed by atoms with Crippen LogP contribution in [-0.2, 0) is 0 Å². The Kier molecular flexibility index (Phi) is 3.76. The van der Waals surface area contributed by atoms with Crippen LogP contribution in [0, 0.1) is 24.7 Å². The molecule has 3 rings (SSSR count). The molecule has 4 unspecified atom stereocenters. The van der Waals surface area contributed by atoms with Gasteiger partial charge in [0.15, 0.2) is 0 Å². The molecule has 4 atom stereocenters. The van der Waals surface area contributed by atoms with E-state index in [0.29, 0.717) is 6.04 Å². The van der Waals surface area contributed by atoms with Crippen molar-refractivity contribution in [3.63, 3.8) is 0 Å². The SMILES string of the molecule is Cc1ccc(C(N)C2CCC3CCCCC3C2)s1. The van der Waals surface area contributed by atoms with Crippen LogP contribution in [0.15, 0.2) is 12.1 Å². The first-order valence-electron chi connectivity index (χ1n) is 7.56. The smallest absolute Gasteiger partial charge is 0.0418 e. The Labute approximate surface area is 115 Å². The second-order valence-corrected chi connectivity index (χ2v) is 7.67. The van der Waals surface area contributed by atoms with Gasteiger partial charge in [0.2, 0.25) is 0 Å². The predicted octanol–water partition coefficient (Wildman–Crippen LogP) is 4.66. The lowest BCUT2D eigenvalue weighted by Gasteiger charge is -2.41. The van der Waals surface area contributed by atoms with Crippen LogP contribution in [-0.4, -0.2) is 0 Å². The number of fused-ring (bicyclic) bond motifs is 1. The van der Waals surface area contributed by atoms with E-state index in [1.165, 1.54) is 54.7 Å². The fourth-order valence-corrected chi connectivity index (χ4v) is 5.07. The lowest BCUT2D eigenvalue weighted by atomic mass is 9.66. The maximum Gasteiger partial charge on any atom is 0.0418 e. The minimum atomic E-state index is 0.298. The second-order valence-electron chi connectivity index (χ2n) is 6.35. The number of aryl methyl sites for hydroxylation is 1. The van der Waals surface area contributed by atoms with Crippen LogP contribution in [0.3, 0.4) is 0 Å². The molecule has 1 heterocycles. The lowest BCUT2D eigenvalue weighted by Crippen LogP contribution is -2.32. The molecule has 2 saturated carbocycles. The highest BCUT2D eigenvalue weighted by Crippen LogP contribution is 2.46. The van der Waals surface area contributed by atoms with Gasteiger partial charge in [0.1, 0.15) is 0 Å². The minimum absolute atomic E-state index is 0.298. The van der Waals surface area contributed by atoms with E-state index in [-0.39, 0.29) is 0 Å². The van der Waals surface area contributed by atoms with E-state index in [9.17, 15) is 0 Å². The highest BCUT2D eigenvalue weighted by molar-refractivity contribution is 7.12. The van der Waals surface area contributed by atoms with Crippen LogP contribution < -0.4 is 5.73 Å². The normalized spacial score (nSPS) is 34.0. The monoisotopic (exact) mass is 263 g/mol. The Morgan fingerprint density at radius 3 is 2.61 bits per heavy atom. The van der Waals surface area contributed by atoms with E-state index in [2.05, 4.69) is 19.1 Å². The molecule has 2 aliphatic carbocycles. The van der Waals surface area contributed by atoms with Gasteiger partial charge in [-0.05, 0) is 56.1 Å². The minimum Gasteiger partial charge on any atom is -0.323 e. The van der Waals surface area contributed by atoms with Crippen molar-refractivity contribution in [2.24, 2.45) is 23.5 Å². The van der Waals surface area contributed by atoms with E-state index >= 15 is 0 Å². The van der Waals surface area contributed by atoms with Gasteiger partial charge in [0.05, 0.1) is 0 Å². The summed E-state index contributed by atoms with van der Waals surface area (Å²) in [6.45, 7) is 2.18. The summed E-state index contributed by atoms with van der Waals surface area (Å²) in [6.07, 6.45) is 10.1. The van der Waals surface area contributed by atoms with E-state index in [0.717, 1.165) is 17.8 Å². The molecule has 0 aliphatic heterocycles. The molecule has 1 aromatic rings. The van der Waals surface area contributed by atoms with Crippen LogP contribution in [0.2, 0.25) is 0 Å². The second kappa shape index (κ2) is 5.34. The quantitative estimate of drug-likeness (QED) is 0.825. The molecule has 2 aliphatic rings. The van der Waals surface area contributed by atoms with Crippen LogP contribution >= 0.6 is 11.3 Å². The first-order chi connectivity index (χ1) is 8.74. The highest BCUT2D eigenvalue weighted by Gasteiger charge is 2.34. The molecule has 100 valence electrons. The molecule has 1 nitrogen and oxygen atoms in total. The topological polar surface area (TPSA) is 26.0 Å². The maximum atomic E-state index is 6.52. The highest BCUT2D eigenvalue weighted by atomic mass is 32.1. The number of nitrogens with two attached hydrogens (primary N) is 1. The Hall–Kier alpha value is -0.340. The molecule has 0 amide bonds. The van der Waals surface area contributed by atoms with E-state index < -0.39 is 0 Å². The summed E-state index contributed by atoms with van der Waals surface area (Å²) < 4.78 is 0. The van der Waals surface area contributed by atoms with Gasteiger partial charge in [-0.25, -0.2) is 0 Å². The third-order valence-electron chi connectivity index (χ3n) is 5.18. The van der Waals surface area contributed by atoms with Crippen molar-refractivity contribution >= 4 is 11.3 Å². The Morgan fingerprint density at radius 1 is 1.11 bits per heavy atom. The van der Waals surface area contributed by atoms with Crippen LogP contribution in [0.1, 0.15) is 60.7 Å². The first kappa shape index (κ1) is 12.7. The van der Waals surface area contributed by atoms with Crippen molar-refractivity contribution in [1.29, 1.82) is 0 Å². The third kappa shape index (κ3) is 2.50. The molecule has 0 bridgehead atoms. The largest absolute Gasteiger partial charge is 0.323 e. The van der Waals surface area contributed by atoms with Gasteiger partial charge in [-0.2, -0.15) is 0 Å². The maximum absolute atomic E-state index is 6.52. The summed E-state index contributed by atoms with van der Waals surface area (Å²) in [5.74, 6) is 2.76. The van der Waals surface area contributed by atoms with Crippen LogP contribution in [0.5, 0.6) is 0 Å². The number of thiophene rings is 1. The van der Waals surface area contributed by atoms with Crippen molar-refractivity contribution in [2.75, 3.05) is 0 Å². The number of hydrogen-bond donors (Lipinski definition) is 1. The summed E-state index contributed by atoms with van der Waals surface area (Å²) in [7, 11) is 0. The molecule has 18 heavy (non-hydrogen) atoms. The van der Waals surface area contributed by atoms with Gasteiger partial charge in [-0.3, -0.25) is 0 Å². The van der Waals surface area contributed by atoms with Gasteiger partial charge >= 0.3 is 0 Å². The summed E-state index contributed by atoms with van der Waals surface area (Å²) >= 11 is 1.89. The molecule has 0 radical (unpaired) electrons. The zero-order valence-corrected chi connectivity index (χ0v) is 12.2. The van der Waals surface area contributed by atoms with Crippen LogP contribution in [0.4, 0.5) is 0 Å². The standard InChI is InChI=1S/C16H25NS/c1-11-6-9-15(18-11)16(17)14-8-7-12-4-2-3-5-13(12)10-14/h6,9,12-14,16H,2-5,7-8,10,17H2,1H3. The van der Waals surface area contributed by atoms with Gasteiger partial charge in [0.25, 0.3) is 0 Å². The lowest BCUT2D eigenvalue weighted by molar-refractivity contribution is 0.118. The Balaban J connectivity index is 1.66. The molecule has 1 aromatic heterocycles. The zero-order chi connectivity index (χ0) is 12.5. The molecule has 0 aromatic carbocycles. The van der Waals surface area contributed by atoms with Gasteiger partial charge < -0.3 is 5.73 Å². The van der Waals surface area contributed by atoms with Crippen molar-refractivity contribution in [2.45, 2.75) is 57.9 Å². The molecule has 2 N–H and O–H groups in total. The van der Waals surface area contributed by atoms with E-state index in [1.54, 1.807) is 0 Å². The zero-order valence-electron chi connectivity index (χ0n) is 11.4. The van der Waals surface area contributed by atoms with E-state index in [4.69, 9.17) is 5.73 Å². The molecule has 0 spiro atoms. The molecular formula is C16H25NS. The molecule has 2 heteroatoms. The Bertz CT molecular complexity index is 398. The summed E-state index contributed by atoms with van der Waals surface area (Å²) in [5, 5.41) is 0. The average Bonchev–Trinajstić information content (AvgIpc) is 2.84. The van der Waals surface area contributed by atoms with Gasteiger partial charge in [-0.15, -0.1) is 11.3 Å². The summed E-state index contributed by atoms with van der Waals surface area (Å²) in [6, 6.07) is 4.76.